The van der Waals surface area contributed by atoms with E-state index in [0.717, 1.165) is 0 Å². The molecule has 1 aromatic heterocycles. The molecular formula is C14H16N4O5S. The molecule has 24 heavy (non-hydrogen) atoms. The number of ether oxygens (including phenoxy) is 1. The van der Waals surface area contributed by atoms with Gasteiger partial charge in [-0.1, -0.05) is 0 Å². The van der Waals surface area contributed by atoms with Crippen LogP contribution in [0.25, 0.3) is 0 Å². The number of carbonyl (C=O) groups is 2. The zero-order valence-corrected chi connectivity index (χ0v) is 13.5. The third-order valence-corrected chi connectivity index (χ3v) is 4.59. The van der Waals surface area contributed by atoms with Crippen LogP contribution in [0.15, 0.2) is 27.8 Å². The standard InChI is InChI=1S/C14H16N4O5S/c19-13(20)8-5-16-11(12-15-1-4-24-12)17-9(8)6-18-2-3-23-7-10(18)14(21)22/h1,4,10H,2-3,5-7H2,(H,16,17)(H,19,20)(H,21,22). The maximum atomic E-state index is 11.5. The number of carboxylic acids is 2. The molecule has 1 saturated heterocycles. The van der Waals surface area contributed by atoms with Gasteiger partial charge in [0.2, 0.25) is 0 Å². The van der Waals surface area contributed by atoms with E-state index >= 15 is 0 Å². The van der Waals surface area contributed by atoms with E-state index in [-0.39, 0.29) is 25.3 Å². The molecule has 0 radical (unpaired) electrons. The van der Waals surface area contributed by atoms with Crippen molar-refractivity contribution in [1.29, 1.82) is 0 Å². The number of aliphatic imine (C=N–C) groups is 1. The lowest BCUT2D eigenvalue weighted by molar-refractivity contribution is -0.149. The molecule has 0 saturated carbocycles. The van der Waals surface area contributed by atoms with Crippen LogP contribution in [0.4, 0.5) is 0 Å². The van der Waals surface area contributed by atoms with Crippen LogP contribution in [0.5, 0.6) is 0 Å². The van der Waals surface area contributed by atoms with Crippen LogP contribution in [0.1, 0.15) is 5.01 Å². The van der Waals surface area contributed by atoms with Gasteiger partial charge in [0.15, 0.2) is 10.8 Å². The molecule has 0 bridgehead atoms. The Morgan fingerprint density at radius 2 is 2.29 bits per heavy atom. The molecule has 1 fully saturated rings. The zero-order chi connectivity index (χ0) is 17.1. The minimum Gasteiger partial charge on any atom is -0.480 e. The molecule has 3 heterocycles. The maximum absolute atomic E-state index is 11.5. The summed E-state index contributed by atoms with van der Waals surface area (Å²) >= 11 is 1.39. The van der Waals surface area contributed by atoms with Gasteiger partial charge in [-0.05, 0) is 0 Å². The van der Waals surface area contributed by atoms with Gasteiger partial charge >= 0.3 is 11.9 Å². The van der Waals surface area contributed by atoms with Gasteiger partial charge < -0.3 is 20.3 Å². The highest BCUT2D eigenvalue weighted by molar-refractivity contribution is 7.11. The topological polar surface area (TPSA) is 124 Å². The molecule has 2 aliphatic heterocycles. The van der Waals surface area contributed by atoms with Crippen molar-refractivity contribution in [1.82, 2.24) is 15.2 Å². The summed E-state index contributed by atoms with van der Waals surface area (Å²) in [6, 6.07) is -0.801. The molecule has 1 atom stereocenters. The van der Waals surface area contributed by atoms with Crippen LogP contribution >= 0.6 is 11.3 Å². The third kappa shape index (κ3) is 3.45. The zero-order valence-electron chi connectivity index (χ0n) is 12.6. The average molecular weight is 352 g/mol. The third-order valence-electron chi connectivity index (χ3n) is 3.81. The Hall–Kier alpha value is -2.30. The van der Waals surface area contributed by atoms with E-state index in [1.165, 1.54) is 11.3 Å². The Bertz CT molecular complexity index is 700. The Balaban J connectivity index is 1.82. The van der Waals surface area contributed by atoms with Crippen molar-refractivity contribution >= 4 is 29.1 Å². The van der Waals surface area contributed by atoms with Crippen LogP contribution in [0.3, 0.4) is 0 Å². The Labute approximate surface area is 141 Å². The van der Waals surface area contributed by atoms with Gasteiger partial charge in [0.1, 0.15) is 6.04 Å². The van der Waals surface area contributed by atoms with Crippen LogP contribution in [0, 0.1) is 0 Å². The van der Waals surface area contributed by atoms with E-state index in [1.807, 2.05) is 0 Å². The molecule has 1 aromatic rings. The molecule has 2 aliphatic rings. The number of amidine groups is 1. The van der Waals surface area contributed by atoms with Gasteiger partial charge in [0.05, 0.1) is 25.3 Å². The molecule has 128 valence electrons. The monoisotopic (exact) mass is 352 g/mol. The normalized spacial score (nSPS) is 22.0. The number of nitrogens with zero attached hydrogens (tertiary/aromatic N) is 3. The number of morpholine rings is 1. The highest BCUT2D eigenvalue weighted by Crippen LogP contribution is 2.17. The van der Waals surface area contributed by atoms with Crippen LogP contribution in [-0.2, 0) is 14.3 Å². The first kappa shape index (κ1) is 16.6. The van der Waals surface area contributed by atoms with E-state index in [0.29, 0.717) is 29.7 Å². The quantitative estimate of drug-likeness (QED) is 0.655. The molecule has 0 aromatic carbocycles. The number of nitrogens with one attached hydrogen (secondary N) is 1. The fourth-order valence-electron chi connectivity index (χ4n) is 2.56. The van der Waals surface area contributed by atoms with E-state index < -0.39 is 18.0 Å². The second-order valence-corrected chi connectivity index (χ2v) is 6.18. The summed E-state index contributed by atoms with van der Waals surface area (Å²) in [4.78, 5) is 32.9. The Morgan fingerprint density at radius 1 is 1.46 bits per heavy atom. The van der Waals surface area contributed by atoms with E-state index in [4.69, 9.17) is 4.74 Å². The lowest BCUT2D eigenvalue weighted by Crippen LogP contribution is -2.52. The first-order valence-electron chi connectivity index (χ1n) is 7.27. The van der Waals surface area contributed by atoms with Gasteiger partial charge in [-0.25, -0.2) is 9.78 Å². The number of carboxylic acid groups (broad SMARTS) is 2. The highest BCUT2D eigenvalue weighted by atomic mass is 32.1. The molecule has 3 N–H and O–H groups in total. The number of aliphatic carboxylic acids is 2. The molecule has 9 nitrogen and oxygen atoms in total. The smallest absolute Gasteiger partial charge is 0.335 e. The van der Waals surface area contributed by atoms with E-state index in [2.05, 4.69) is 15.3 Å². The lowest BCUT2D eigenvalue weighted by atomic mass is 10.1. The number of hydrogen-bond donors (Lipinski definition) is 3. The van der Waals surface area contributed by atoms with Gasteiger partial charge in [0, 0.05) is 30.4 Å². The Morgan fingerprint density at radius 3 is 2.96 bits per heavy atom. The van der Waals surface area contributed by atoms with Crippen molar-refractivity contribution in [2.45, 2.75) is 6.04 Å². The maximum Gasteiger partial charge on any atom is 0.335 e. The second-order valence-electron chi connectivity index (χ2n) is 5.29. The van der Waals surface area contributed by atoms with Gasteiger partial charge in [-0.2, -0.15) is 0 Å². The van der Waals surface area contributed by atoms with Crippen molar-refractivity contribution < 1.29 is 24.5 Å². The van der Waals surface area contributed by atoms with Crippen LogP contribution in [-0.4, -0.2) is 76.8 Å². The number of hydrogen-bond acceptors (Lipinski definition) is 8. The molecule has 10 heteroatoms. The first-order chi connectivity index (χ1) is 11.6. The van der Waals surface area contributed by atoms with E-state index in [1.54, 1.807) is 16.5 Å². The van der Waals surface area contributed by atoms with Crippen LogP contribution in [0.2, 0.25) is 0 Å². The SMILES string of the molecule is O=C(O)C1=C(CN2CCOCC2C(=O)O)NC(c2nccs2)=NC1. The van der Waals surface area contributed by atoms with E-state index in [9.17, 15) is 19.8 Å². The molecule has 0 aliphatic carbocycles. The lowest BCUT2D eigenvalue weighted by Gasteiger charge is -2.34. The van der Waals surface area contributed by atoms with Gasteiger partial charge in [-0.15, -0.1) is 11.3 Å². The van der Waals surface area contributed by atoms with Gasteiger partial charge in [-0.3, -0.25) is 14.7 Å². The summed E-state index contributed by atoms with van der Waals surface area (Å²) in [5, 5.41) is 24.2. The first-order valence-corrected chi connectivity index (χ1v) is 8.15. The molecule has 0 amide bonds. The summed E-state index contributed by atoms with van der Waals surface area (Å²) < 4.78 is 5.21. The molecule has 0 spiro atoms. The molecule has 1 unspecified atom stereocenters. The number of thiazole rings is 1. The summed E-state index contributed by atoms with van der Waals surface area (Å²) in [5.74, 6) is -1.55. The van der Waals surface area contributed by atoms with Crippen LogP contribution < -0.4 is 5.32 Å². The number of aromatic nitrogens is 1. The summed E-state index contributed by atoms with van der Waals surface area (Å²) in [6.45, 7) is 1.10. The molecular weight excluding hydrogens is 336 g/mol. The minimum atomic E-state index is -1.07. The van der Waals surface area contributed by atoms with Crippen molar-refractivity contribution in [3.63, 3.8) is 0 Å². The predicted molar refractivity (Wildman–Crippen MR) is 85.1 cm³/mol. The largest absolute Gasteiger partial charge is 0.480 e. The van der Waals surface area contributed by atoms with Crippen molar-refractivity contribution in [2.24, 2.45) is 4.99 Å². The Kier molecular flexibility index (Phi) is 4.88. The van der Waals surface area contributed by atoms with Crippen molar-refractivity contribution in [3.8, 4) is 0 Å². The second kappa shape index (κ2) is 7.07. The van der Waals surface area contributed by atoms with Crippen molar-refractivity contribution in [2.75, 3.05) is 32.8 Å². The molecule has 3 rings (SSSR count). The summed E-state index contributed by atoms with van der Waals surface area (Å²) in [5.41, 5.74) is 0.571. The van der Waals surface area contributed by atoms with Gasteiger partial charge in [0.25, 0.3) is 0 Å². The number of rotatable bonds is 5. The van der Waals surface area contributed by atoms with Crippen molar-refractivity contribution in [3.05, 3.63) is 27.9 Å². The fourth-order valence-corrected chi connectivity index (χ4v) is 3.16. The summed E-state index contributed by atoms with van der Waals surface area (Å²) in [6.07, 6.45) is 1.64. The predicted octanol–water partition coefficient (Wildman–Crippen LogP) is -0.383. The summed E-state index contributed by atoms with van der Waals surface area (Å²) in [7, 11) is 0. The highest BCUT2D eigenvalue weighted by Gasteiger charge is 2.32. The minimum absolute atomic E-state index is 0.0225. The average Bonchev–Trinajstić information content (AvgIpc) is 3.09. The fraction of sp³-hybridized carbons (Fsp3) is 0.429.